The van der Waals surface area contributed by atoms with Gasteiger partial charge >= 0.3 is 0 Å². The number of ketones is 1. The Morgan fingerprint density at radius 1 is 1.19 bits per heavy atom. The van der Waals surface area contributed by atoms with E-state index in [9.17, 15) is 4.79 Å². The average molecular weight is 237 g/mol. The molecule has 0 spiro atoms. The highest BCUT2D eigenvalue weighted by Crippen LogP contribution is 2.34. The van der Waals surface area contributed by atoms with E-state index < -0.39 is 0 Å². The van der Waals surface area contributed by atoms with Crippen molar-refractivity contribution >= 4 is 23.0 Å². The van der Waals surface area contributed by atoms with E-state index >= 15 is 0 Å². The van der Waals surface area contributed by atoms with E-state index in [1.54, 1.807) is 13.0 Å². The summed E-state index contributed by atoms with van der Waals surface area (Å²) >= 11 is 5.85. The van der Waals surface area contributed by atoms with Gasteiger partial charge in [-0.05, 0) is 41.7 Å². The zero-order chi connectivity index (χ0) is 12.3. The van der Waals surface area contributed by atoms with Crippen molar-refractivity contribution in [2.24, 2.45) is 5.41 Å². The van der Waals surface area contributed by atoms with Crippen LogP contribution in [0.1, 0.15) is 33.3 Å². The molecule has 1 aromatic rings. The molecule has 0 aromatic heterocycles. The minimum absolute atomic E-state index is 0.0561. The van der Waals surface area contributed by atoms with E-state index in [4.69, 9.17) is 11.6 Å². The molecule has 86 valence electrons. The molecular weight excluding hydrogens is 220 g/mol. The number of rotatable bonds is 2. The van der Waals surface area contributed by atoms with Gasteiger partial charge in [0.15, 0.2) is 5.78 Å². The minimum atomic E-state index is -0.0561. The zero-order valence-electron chi connectivity index (χ0n) is 10.2. The lowest BCUT2D eigenvalue weighted by Crippen LogP contribution is -2.09. The second-order valence-electron chi connectivity index (χ2n) is 4.93. The molecule has 0 bridgehead atoms. The van der Waals surface area contributed by atoms with Gasteiger partial charge in [-0.2, -0.15) is 0 Å². The first-order valence-corrected chi connectivity index (χ1v) is 5.67. The molecular formula is C14H17ClO. The molecule has 0 radical (unpaired) electrons. The summed E-state index contributed by atoms with van der Waals surface area (Å²) in [5.41, 5.74) is 2.03. The summed E-state index contributed by atoms with van der Waals surface area (Å²) in [6.45, 7) is 7.85. The predicted molar refractivity (Wildman–Crippen MR) is 69.6 cm³/mol. The highest BCUT2D eigenvalue weighted by atomic mass is 35.5. The second kappa shape index (κ2) is 4.84. The molecule has 0 aliphatic rings. The number of allylic oxidation sites excluding steroid dienone is 2. The molecule has 1 nitrogen and oxygen atoms in total. The van der Waals surface area contributed by atoms with Crippen LogP contribution in [-0.2, 0) is 4.79 Å². The Bertz CT molecular complexity index is 407. The van der Waals surface area contributed by atoms with Crippen LogP contribution in [0.4, 0.5) is 0 Å². The number of halogens is 1. The molecule has 0 fully saturated rings. The number of benzene rings is 1. The fourth-order valence-corrected chi connectivity index (χ4v) is 1.69. The highest BCUT2D eigenvalue weighted by Gasteiger charge is 2.19. The maximum atomic E-state index is 11.2. The highest BCUT2D eigenvalue weighted by molar-refractivity contribution is 6.30. The van der Waals surface area contributed by atoms with Crippen molar-refractivity contribution in [2.45, 2.75) is 27.7 Å². The summed E-state index contributed by atoms with van der Waals surface area (Å²) in [6.07, 6.45) is 1.70. The zero-order valence-corrected chi connectivity index (χ0v) is 10.9. The lowest BCUT2D eigenvalue weighted by Gasteiger charge is -2.23. The summed E-state index contributed by atoms with van der Waals surface area (Å²) < 4.78 is 0. The van der Waals surface area contributed by atoms with Gasteiger partial charge in [-0.3, -0.25) is 4.79 Å². The molecule has 0 heterocycles. The molecule has 0 saturated carbocycles. The molecule has 1 aromatic carbocycles. The second-order valence-corrected chi connectivity index (χ2v) is 5.36. The molecule has 0 aliphatic carbocycles. The third-order valence-electron chi connectivity index (χ3n) is 2.31. The third kappa shape index (κ3) is 3.49. The molecule has 0 saturated heterocycles. The van der Waals surface area contributed by atoms with Gasteiger partial charge < -0.3 is 0 Å². The van der Waals surface area contributed by atoms with Gasteiger partial charge in [0.2, 0.25) is 0 Å². The van der Waals surface area contributed by atoms with Crippen molar-refractivity contribution in [1.29, 1.82) is 0 Å². The molecule has 0 aliphatic heterocycles. The largest absolute Gasteiger partial charge is 0.295 e. The summed E-state index contributed by atoms with van der Waals surface area (Å²) in [4.78, 5) is 11.2. The first kappa shape index (κ1) is 13.0. The smallest absolute Gasteiger partial charge is 0.152 e. The van der Waals surface area contributed by atoms with Crippen LogP contribution >= 0.6 is 11.6 Å². The maximum absolute atomic E-state index is 11.2. The number of carbonyl (C=O) groups is 1. The topological polar surface area (TPSA) is 17.1 Å². The molecule has 2 heteroatoms. The monoisotopic (exact) mass is 236 g/mol. The fourth-order valence-electron chi connectivity index (χ4n) is 1.57. The molecule has 0 N–H and O–H groups in total. The number of hydrogen-bond acceptors (Lipinski definition) is 1. The first-order chi connectivity index (χ1) is 7.30. The van der Waals surface area contributed by atoms with Crippen LogP contribution in [0.25, 0.3) is 5.57 Å². The SMILES string of the molecule is CC(=O)/C=C(/c1ccc(Cl)cc1)C(C)(C)C. The van der Waals surface area contributed by atoms with Crippen molar-refractivity contribution in [1.82, 2.24) is 0 Å². The van der Waals surface area contributed by atoms with E-state index in [2.05, 4.69) is 20.8 Å². The molecule has 0 unspecified atom stereocenters. The first-order valence-electron chi connectivity index (χ1n) is 5.29. The number of carbonyl (C=O) groups excluding carboxylic acids is 1. The van der Waals surface area contributed by atoms with Crippen LogP contribution in [-0.4, -0.2) is 5.78 Å². The van der Waals surface area contributed by atoms with Crippen LogP contribution in [0, 0.1) is 5.41 Å². The summed E-state index contributed by atoms with van der Waals surface area (Å²) in [7, 11) is 0. The third-order valence-corrected chi connectivity index (χ3v) is 2.56. The average Bonchev–Trinajstić information content (AvgIpc) is 2.14. The Labute approximate surface area is 102 Å². The van der Waals surface area contributed by atoms with Crippen LogP contribution in [0.5, 0.6) is 0 Å². The summed E-state index contributed by atoms with van der Waals surface area (Å²) in [5.74, 6) is 0.0693. The Kier molecular flexibility index (Phi) is 3.93. The molecule has 0 atom stereocenters. The van der Waals surface area contributed by atoms with E-state index in [1.165, 1.54) is 0 Å². The predicted octanol–water partition coefficient (Wildman–Crippen LogP) is 4.36. The number of hydrogen-bond donors (Lipinski definition) is 0. The Morgan fingerprint density at radius 2 is 1.69 bits per heavy atom. The van der Waals surface area contributed by atoms with Gasteiger partial charge in [-0.1, -0.05) is 44.5 Å². The lowest BCUT2D eigenvalue weighted by molar-refractivity contribution is -0.112. The Morgan fingerprint density at radius 3 is 2.06 bits per heavy atom. The van der Waals surface area contributed by atoms with Gasteiger partial charge in [0.05, 0.1) is 0 Å². The quantitative estimate of drug-likeness (QED) is 0.698. The minimum Gasteiger partial charge on any atom is -0.295 e. The van der Waals surface area contributed by atoms with Gasteiger partial charge in [0, 0.05) is 5.02 Å². The fraction of sp³-hybridized carbons (Fsp3) is 0.357. The van der Waals surface area contributed by atoms with Crippen molar-refractivity contribution in [2.75, 3.05) is 0 Å². The van der Waals surface area contributed by atoms with E-state index in [0.717, 1.165) is 11.1 Å². The van der Waals surface area contributed by atoms with Crippen molar-refractivity contribution in [3.05, 3.63) is 40.9 Å². The summed E-state index contributed by atoms with van der Waals surface area (Å²) in [6, 6.07) is 7.58. The van der Waals surface area contributed by atoms with Gasteiger partial charge in [0.1, 0.15) is 0 Å². The van der Waals surface area contributed by atoms with E-state index in [1.807, 2.05) is 24.3 Å². The standard InChI is InChI=1S/C14H17ClO/c1-10(16)9-13(14(2,3)4)11-5-7-12(15)8-6-11/h5-9H,1-4H3/b13-9-. The van der Waals surface area contributed by atoms with Crippen LogP contribution in [0.2, 0.25) is 5.02 Å². The van der Waals surface area contributed by atoms with Gasteiger partial charge in [0.25, 0.3) is 0 Å². The van der Waals surface area contributed by atoms with Gasteiger partial charge in [-0.15, -0.1) is 0 Å². The lowest BCUT2D eigenvalue weighted by atomic mass is 9.81. The van der Waals surface area contributed by atoms with E-state index in [0.29, 0.717) is 5.02 Å². The molecule has 1 rings (SSSR count). The Hall–Kier alpha value is -1.08. The summed E-state index contributed by atoms with van der Waals surface area (Å²) in [5, 5.41) is 0.708. The van der Waals surface area contributed by atoms with Crippen molar-refractivity contribution < 1.29 is 4.79 Å². The van der Waals surface area contributed by atoms with Crippen molar-refractivity contribution in [3.8, 4) is 0 Å². The van der Waals surface area contributed by atoms with Crippen LogP contribution in [0.15, 0.2) is 30.3 Å². The van der Waals surface area contributed by atoms with E-state index in [-0.39, 0.29) is 11.2 Å². The van der Waals surface area contributed by atoms with Gasteiger partial charge in [-0.25, -0.2) is 0 Å². The molecule has 0 amide bonds. The molecule has 16 heavy (non-hydrogen) atoms. The van der Waals surface area contributed by atoms with Crippen LogP contribution < -0.4 is 0 Å². The Balaban J connectivity index is 3.23. The van der Waals surface area contributed by atoms with Crippen molar-refractivity contribution in [3.63, 3.8) is 0 Å². The van der Waals surface area contributed by atoms with Crippen LogP contribution in [0.3, 0.4) is 0 Å². The maximum Gasteiger partial charge on any atom is 0.152 e. The normalized spacial score (nSPS) is 12.7.